The highest BCUT2D eigenvalue weighted by atomic mass is 79.9. The van der Waals surface area contributed by atoms with Crippen LogP contribution in [0.4, 0.5) is 5.69 Å². The van der Waals surface area contributed by atoms with Crippen molar-refractivity contribution < 1.29 is 9.53 Å². The van der Waals surface area contributed by atoms with E-state index in [1.165, 1.54) is 6.08 Å². The number of hydrogen-bond acceptors (Lipinski definition) is 2. The third-order valence-electron chi connectivity index (χ3n) is 3.18. The van der Waals surface area contributed by atoms with Gasteiger partial charge in [0, 0.05) is 21.8 Å². The van der Waals surface area contributed by atoms with Crippen molar-refractivity contribution in [1.29, 1.82) is 0 Å². The predicted octanol–water partition coefficient (Wildman–Crippen LogP) is 5.28. The zero-order valence-electron chi connectivity index (χ0n) is 13.1. The molecule has 0 heterocycles. The molecule has 0 fully saturated rings. The van der Waals surface area contributed by atoms with E-state index < -0.39 is 0 Å². The van der Waals surface area contributed by atoms with E-state index in [0.717, 1.165) is 34.3 Å². The summed E-state index contributed by atoms with van der Waals surface area (Å²) in [5.41, 5.74) is 1.65. The van der Waals surface area contributed by atoms with Gasteiger partial charge in [-0.25, -0.2) is 0 Å². The van der Waals surface area contributed by atoms with Crippen LogP contribution in [0.5, 0.6) is 5.75 Å². The van der Waals surface area contributed by atoms with Crippen LogP contribution in [-0.4, -0.2) is 12.5 Å². The van der Waals surface area contributed by atoms with Gasteiger partial charge in [-0.3, -0.25) is 4.79 Å². The predicted molar refractivity (Wildman–Crippen MR) is 98.7 cm³/mol. The first-order valence-corrected chi connectivity index (χ1v) is 8.45. The molecule has 3 nitrogen and oxygen atoms in total. The lowest BCUT2D eigenvalue weighted by molar-refractivity contribution is -0.111. The number of nitrogens with one attached hydrogen (secondary N) is 1. The van der Waals surface area contributed by atoms with Crippen LogP contribution >= 0.6 is 15.9 Å². The van der Waals surface area contributed by atoms with Crippen LogP contribution in [0.15, 0.2) is 59.1 Å². The molecular formula is C19H20BrNO2. The molecule has 2 aromatic rings. The van der Waals surface area contributed by atoms with Crippen molar-refractivity contribution in [3.8, 4) is 5.75 Å². The van der Waals surface area contributed by atoms with E-state index in [-0.39, 0.29) is 5.91 Å². The molecule has 1 amide bonds. The van der Waals surface area contributed by atoms with Gasteiger partial charge in [0.1, 0.15) is 5.75 Å². The van der Waals surface area contributed by atoms with Crippen molar-refractivity contribution in [2.24, 2.45) is 0 Å². The van der Waals surface area contributed by atoms with E-state index in [1.807, 2.05) is 48.5 Å². The maximum absolute atomic E-state index is 12.0. The lowest BCUT2D eigenvalue weighted by Crippen LogP contribution is -2.07. The molecule has 0 radical (unpaired) electrons. The van der Waals surface area contributed by atoms with Crippen molar-refractivity contribution in [2.45, 2.75) is 19.8 Å². The minimum absolute atomic E-state index is 0.175. The van der Waals surface area contributed by atoms with Gasteiger partial charge >= 0.3 is 0 Å². The second kappa shape index (κ2) is 9.16. The number of hydrogen-bond donors (Lipinski definition) is 1. The second-order valence-corrected chi connectivity index (χ2v) is 5.99. The first-order valence-electron chi connectivity index (χ1n) is 7.65. The molecule has 0 bridgehead atoms. The molecule has 0 aromatic heterocycles. The normalized spacial score (nSPS) is 10.7. The molecule has 0 aliphatic heterocycles. The maximum atomic E-state index is 12.0. The topological polar surface area (TPSA) is 38.3 Å². The zero-order valence-corrected chi connectivity index (χ0v) is 14.7. The molecule has 0 spiro atoms. The Morgan fingerprint density at radius 1 is 1.22 bits per heavy atom. The Balaban J connectivity index is 2.00. The van der Waals surface area contributed by atoms with Gasteiger partial charge in [0.05, 0.1) is 6.61 Å². The van der Waals surface area contributed by atoms with Gasteiger partial charge in [-0.2, -0.15) is 0 Å². The Labute approximate surface area is 145 Å². The van der Waals surface area contributed by atoms with Crippen LogP contribution in [-0.2, 0) is 4.79 Å². The summed E-state index contributed by atoms with van der Waals surface area (Å²) in [4.78, 5) is 12.0. The summed E-state index contributed by atoms with van der Waals surface area (Å²) >= 11 is 3.38. The van der Waals surface area contributed by atoms with Crippen LogP contribution in [0.1, 0.15) is 25.3 Å². The molecule has 23 heavy (non-hydrogen) atoms. The van der Waals surface area contributed by atoms with E-state index in [4.69, 9.17) is 4.74 Å². The molecule has 4 heteroatoms. The van der Waals surface area contributed by atoms with E-state index in [1.54, 1.807) is 6.08 Å². The molecular weight excluding hydrogens is 354 g/mol. The molecule has 2 rings (SSSR count). The van der Waals surface area contributed by atoms with E-state index in [9.17, 15) is 4.79 Å². The van der Waals surface area contributed by atoms with Crippen molar-refractivity contribution in [3.05, 3.63) is 64.6 Å². The molecule has 1 N–H and O–H groups in total. The van der Waals surface area contributed by atoms with Crippen molar-refractivity contribution in [3.63, 3.8) is 0 Å². The number of halogens is 1. The summed E-state index contributed by atoms with van der Waals surface area (Å²) in [5.74, 6) is 0.624. The number of ether oxygens (including phenoxy) is 1. The van der Waals surface area contributed by atoms with Gasteiger partial charge in [0.25, 0.3) is 0 Å². The van der Waals surface area contributed by atoms with E-state index >= 15 is 0 Å². The molecule has 0 saturated carbocycles. The number of unbranched alkanes of at least 4 members (excludes halogenated alkanes) is 1. The second-order valence-electron chi connectivity index (χ2n) is 5.07. The van der Waals surface area contributed by atoms with Gasteiger partial charge in [-0.1, -0.05) is 53.5 Å². The summed E-state index contributed by atoms with van der Waals surface area (Å²) in [6, 6.07) is 15.2. The molecule has 120 valence electrons. The number of benzene rings is 2. The van der Waals surface area contributed by atoms with Gasteiger partial charge in [0.15, 0.2) is 0 Å². The molecule has 0 atom stereocenters. The Kier molecular flexibility index (Phi) is 6.88. The first-order chi connectivity index (χ1) is 11.2. The maximum Gasteiger partial charge on any atom is 0.248 e. The summed E-state index contributed by atoms with van der Waals surface area (Å²) < 4.78 is 6.68. The molecule has 0 aliphatic rings. The minimum Gasteiger partial charge on any atom is -0.493 e. The van der Waals surface area contributed by atoms with Crippen LogP contribution in [0.3, 0.4) is 0 Å². The zero-order chi connectivity index (χ0) is 16.5. The highest BCUT2D eigenvalue weighted by Crippen LogP contribution is 2.20. The summed E-state index contributed by atoms with van der Waals surface area (Å²) in [7, 11) is 0. The third-order valence-corrected chi connectivity index (χ3v) is 3.67. The number of carbonyl (C=O) groups excluding carboxylic acids is 1. The first kappa shape index (κ1) is 17.3. The van der Waals surface area contributed by atoms with Crippen molar-refractivity contribution >= 4 is 33.6 Å². The Bertz CT molecular complexity index is 683. The van der Waals surface area contributed by atoms with Crippen LogP contribution < -0.4 is 10.1 Å². The van der Waals surface area contributed by atoms with Crippen molar-refractivity contribution in [2.75, 3.05) is 11.9 Å². The number of amides is 1. The fraction of sp³-hybridized carbons (Fsp3) is 0.211. The molecule has 0 saturated heterocycles. The Morgan fingerprint density at radius 3 is 2.83 bits per heavy atom. The monoisotopic (exact) mass is 373 g/mol. The van der Waals surface area contributed by atoms with Gasteiger partial charge in [-0.05, 0) is 36.8 Å². The number of carbonyl (C=O) groups is 1. The summed E-state index contributed by atoms with van der Waals surface area (Å²) in [5, 5.41) is 2.83. The average molecular weight is 374 g/mol. The smallest absolute Gasteiger partial charge is 0.248 e. The largest absolute Gasteiger partial charge is 0.493 e. The van der Waals surface area contributed by atoms with Crippen LogP contribution in [0.25, 0.3) is 6.08 Å². The number of anilines is 1. The van der Waals surface area contributed by atoms with Gasteiger partial charge in [0.2, 0.25) is 5.91 Å². The SMILES string of the molecule is CCCCOc1ccccc1C=CC(=O)Nc1cccc(Br)c1. The minimum atomic E-state index is -0.175. The Morgan fingerprint density at radius 2 is 2.04 bits per heavy atom. The van der Waals surface area contributed by atoms with Crippen LogP contribution in [0, 0.1) is 0 Å². The highest BCUT2D eigenvalue weighted by molar-refractivity contribution is 9.10. The summed E-state index contributed by atoms with van der Waals surface area (Å²) in [6.45, 7) is 2.81. The average Bonchev–Trinajstić information content (AvgIpc) is 2.54. The fourth-order valence-electron chi connectivity index (χ4n) is 1.99. The third kappa shape index (κ3) is 5.91. The highest BCUT2D eigenvalue weighted by Gasteiger charge is 2.02. The fourth-order valence-corrected chi connectivity index (χ4v) is 2.39. The molecule has 2 aromatic carbocycles. The molecule has 0 aliphatic carbocycles. The lowest BCUT2D eigenvalue weighted by atomic mass is 10.2. The quantitative estimate of drug-likeness (QED) is 0.529. The van der Waals surface area contributed by atoms with Gasteiger partial charge in [-0.15, -0.1) is 0 Å². The van der Waals surface area contributed by atoms with Crippen LogP contribution in [0.2, 0.25) is 0 Å². The van der Waals surface area contributed by atoms with E-state index in [0.29, 0.717) is 6.61 Å². The number of para-hydroxylation sites is 1. The summed E-state index contributed by atoms with van der Waals surface area (Å²) in [6.07, 6.45) is 5.39. The van der Waals surface area contributed by atoms with Gasteiger partial charge < -0.3 is 10.1 Å². The Hall–Kier alpha value is -2.07. The van der Waals surface area contributed by atoms with Crippen molar-refractivity contribution in [1.82, 2.24) is 0 Å². The van der Waals surface area contributed by atoms with E-state index in [2.05, 4.69) is 28.2 Å². The lowest BCUT2D eigenvalue weighted by Gasteiger charge is -2.08. The number of rotatable bonds is 7. The standard InChI is InChI=1S/C19H20BrNO2/c1-2-3-13-23-18-10-5-4-7-15(18)11-12-19(22)21-17-9-6-8-16(20)14-17/h4-12,14H,2-3,13H2,1H3,(H,21,22). The molecule has 0 unspecified atom stereocenters.